The van der Waals surface area contributed by atoms with Crippen LogP contribution >= 0.6 is 0 Å². The highest BCUT2D eigenvalue weighted by Crippen LogP contribution is 1.86. The lowest BCUT2D eigenvalue weighted by Crippen LogP contribution is -2.38. The monoisotopic (exact) mass is 238 g/mol. The highest BCUT2D eigenvalue weighted by atomic mass is 32.2. The van der Waals surface area contributed by atoms with E-state index in [4.69, 9.17) is 4.74 Å². The van der Waals surface area contributed by atoms with Crippen molar-refractivity contribution in [3.63, 3.8) is 0 Å². The van der Waals surface area contributed by atoms with E-state index in [2.05, 4.69) is 10.0 Å². The summed E-state index contributed by atoms with van der Waals surface area (Å²) in [4.78, 5) is 11.1. The second-order valence-electron chi connectivity index (χ2n) is 2.98. The molecule has 90 valence electrons. The van der Waals surface area contributed by atoms with Crippen LogP contribution in [-0.2, 0) is 19.6 Å². The van der Waals surface area contributed by atoms with E-state index in [1.807, 2.05) is 0 Å². The number of rotatable bonds is 8. The van der Waals surface area contributed by atoms with E-state index in [0.29, 0.717) is 19.6 Å². The summed E-state index contributed by atoms with van der Waals surface area (Å²) in [5.74, 6) is -0.315. The molecule has 6 nitrogen and oxygen atoms in total. The summed E-state index contributed by atoms with van der Waals surface area (Å²) in [6.45, 7) is 2.34. The van der Waals surface area contributed by atoms with Gasteiger partial charge >= 0.3 is 0 Å². The summed E-state index contributed by atoms with van der Waals surface area (Å²) in [6, 6.07) is 0. The average molecular weight is 238 g/mol. The van der Waals surface area contributed by atoms with Crippen molar-refractivity contribution in [2.75, 3.05) is 32.6 Å². The van der Waals surface area contributed by atoms with Gasteiger partial charge in [-0.25, -0.2) is 13.1 Å². The van der Waals surface area contributed by atoms with Gasteiger partial charge in [-0.1, -0.05) is 6.92 Å². The summed E-state index contributed by atoms with van der Waals surface area (Å²) in [7, 11) is -1.78. The van der Waals surface area contributed by atoms with E-state index in [9.17, 15) is 13.2 Å². The van der Waals surface area contributed by atoms with Gasteiger partial charge in [-0.05, 0) is 6.42 Å². The molecule has 0 radical (unpaired) electrons. The maximum atomic E-state index is 11.1. The molecule has 0 unspecified atom stereocenters. The minimum absolute atomic E-state index is 0.0400. The number of methoxy groups -OCH3 is 1. The molecule has 0 rings (SSSR count). The van der Waals surface area contributed by atoms with Crippen LogP contribution in [0.4, 0.5) is 0 Å². The fraction of sp³-hybridized carbons (Fsp3) is 0.875. The zero-order chi connectivity index (χ0) is 11.7. The van der Waals surface area contributed by atoms with Crippen molar-refractivity contribution in [3.8, 4) is 0 Å². The second kappa shape index (κ2) is 7.61. The Morgan fingerprint density at radius 2 is 2.07 bits per heavy atom. The van der Waals surface area contributed by atoms with Gasteiger partial charge in [0.25, 0.3) is 0 Å². The predicted molar refractivity (Wildman–Crippen MR) is 57.0 cm³/mol. The normalized spacial score (nSPS) is 11.3. The SMILES string of the molecule is CCCS(=O)(=O)NCC(=O)NCCOC. The molecule has 2 N–H and O–H groups in total. The van der Waals surface area contributed by atoms with Crippen LogP contribution in [0, 0.1) is 0 Å². The Morgan fingerprint density at radius 3 is 2.60 bits per heavy atom. The molecule has 0 saturated carbocycles. The molecule has 0 aliphatic rings. The summed E-state index contributed by atoms with van der Waals surface area (Å²) in [5, 5.41) is 2.51. The van der Waals surface area contributed by atoms with E-state index >= 15 is 0 Å². The molecule has 0 aliphatic heterocycles. The molecule has 1 amide bonds. The molecule has 0 saturated heterocycles. The van der Waals surface area contributed by atoms with Crippen molar-refractivity contribution in [1.82, 2.24) is 10.0 Å². The number of nitrogens with one attached hydrogen (secondary N) is 2. The van der Waals surface area contributed by atoms with Gasteiger partial charge < -0.3 is 10.1 Å². The average Bonchev–Trinajstić information content (AvgIpc) is 2.15. The van der Waals surface area contributed by atoms with Gasteiger partial charge in [-0.2, -0.15) is 0 Å². The molecular formula is C8H18N2O4S. The Hall–Kier alpha value is -0.660. The van der Waals surface area contributed by atoms with E-state index < -0.39 is 10.0 Å². The van der Waals surface area contributed by atoms with Crippen LogP contribution in [0.25, 0.3) is 0 Å². The van der Waals surface area contributed by atoms with E-state index in [-0.39, 0.29) is 18.2 Å². The largest absolute Gasteiger partial charge is 0.383 e. The van der Waals surface area contributed by atoms with Crippen molar-refractivity contribution in [3.05, 3.63) is 0 Å². The number of ether oxygens (including phenoxy) is 1. The Morgan fingerprint density at radius 1 is 1.40 bits per heavy atom. The first kappa shape index (κ1) is 14.3. The van der Waals surface area contributed by atoms with E-state index in [1.54, 1.807) is 6.92 Å². The van der Waals surface area contributed by atoms with Gasteiger partial charge in [0, 0.05) is 13.7 Å². The number of sulfonamides is 1. The van der Waals surface area contributed by atoms with Crippen LogP contribution in [0.5, 0.6) is 0 Å². The lowest BCUT2D eigenvalue weighted by Gasteiger charge is -2.06. The van der Waals surface area contributed by atoms with Gasteiger partial charge in [0.2, 0.25) is 15.9 Å². The number of hydrogen-bond donors (Lipinski definition) is 2. The molecule has 0 spiro atoms. The van der Waals surface area contributed by atoms with Crippen molar-refractivity contribution in [1.29, 1.82) is 0 Å². The summed E-state index contributed by atoms with van der Waals surface area (Å²) in [6.07, 6.45) is 0.528. The summed E-state index contributed by atoms with van der Waals surface area (Å²) >= 11 is 0. The topological polar surface area (TPSA) is 84.5 Å². The fourth-order valence-electron chi connectivity index (χ4n) is 0.871. The first-order valence-corrected chi connectivity index (χ1v) is 6.40. The minimum Gasteiger partial charge on any atom is -0.383 e. The third-order valence-corrected chi connectivity index (χ3v) is 3.08. The van der Waals surface area contributed by atoms with Crippen LogP contribution in [0.3, 0.4) is 0 Å². The van der Waals surface area contributed by atoms with Crippen molar-refractivity contribution in [2.45, 2.75) is 13.3 Å². The van der Waals surface area contributed by atoms with Crippen LogP contribution in [0.15, 0.2) is 0 Å². The smallest absolute Gasteiger partial charge is 0.235 e. The molecule has 0 aromatic rings. The molecule has 7 heteroatoms. The lowest BCUT2D eigenvalue weighted by molar-refractivity contribution is -0.120. The van der Waals surface area contributed by atoms with Crippen LogP contribution in [0.1, 0.15) is 13.3 Å². The lowest BCUT2D eigenvalue weighted by atomic mass is 10.6. The highest BCUT2D eigenvalue weighted by Gasteiger charge is 2.10. The minimum atomic E-state index is -3.30. The second-order valence-corrected chi connectivity index (χ2v) is 4.91. The molecule has 0 heterocycles. The Kier molecular flexibility index (Phi) is 7.27. The fourth-order valence-corrected chi connectivity index (χ4v) is 1.90. The zero-order valence-electron chi connectivity index (χ0n) is 9.08. The highest BCUT2D eigenvalue weighted by molar-refractivity contribution is 7.89. The molecule has 0 aromatic heterocycles. The molecule has 0 bridgehead atoms. The van der Waals surface area contributed by atoms with Crippen molar-refractivity contribution < 1.29 is 17.9 Å². The zero-order valence-corrected chi connectivity index (χ0v) is 9.89. The third-order valence-electron chi connectivity index (χ3n) is 1.55. The maximum absolute atomic E-state index is 11.1. The summed E-state index contributed by atoms with van der Waals surface area (Å²) in [5.41, 5.74) is 0. The van der Waals surface area contributed by atoms with Crippen molar-refractivity contribution in [2.24, 2.45) is 0 Å². The first-order valence-electron chi connectivity index (χ1n) is 4.74. The Bertz CT molecular complexity index is 276. The van der Waals surface area contributed by atoms with Crippen LogP contribution < -0.4 is 10.0 Å². The van der Waals surface area contributed by atoms with E-state index in [0.717, 1.165) is 0 Å². The molecule has 0 aliphatic carbocycles. The van der Waals surface area contributed by atoms with Gasteiger partial charge in [-0.15, -0.1) is 0 Å². The quantitative estimate of drug-likeness (QED) is 0.536. The van der Waals surface area contributed by atoms with Gasteiger partial charge in [0.15, 0.2) is 0 Å². The number of hydrogen-bond acceptors (Lipinski definition) is 4. The molecule has 0 aromatic carbocycles. The van der Waals surface area contributed by atoms with Gasteiger partial charge in [0.05, 0.1) is 18.9 Å². The van der Waals surface area contributed by atoms with Gasteiger partial charge in [-0.3, -0.25) is 4.79 Å². The third kappa shape index (κ3) is 8.34. The standard InChI is InChI=1S/C8H18N2O4S/c1-3-6-15(12,13)10-7-8(11)9-4-5-14-2/h10H,3-7H2,1-2H3,(H,9,11). The molecule has 15 heavy (non-hydrogen) atoms. The van der Waals surface area contributed by atoms with E-state index in [1.165, 1.54) is 7.11 Å². The molecule has 0 fully saturated rings. The van der Waals surface area contributed by atoms with Gasteiger partial charge in [0.1, 0.15) is 0 Å². The molecule has 0 atom stereocenters. The molecular weight excluding hydrogens is 220 g/mol. The maximum Gasteiger partial charge on any atom is 0.235 e. The first-order chi connectivity index (χ1) is 7.02. The Labute approximate surface area is 90.4 Å². The van der Waals surface area contributed by atoms with Crippen molar-refractivity contribution >= 4 is 15.9 Å². The summed E-state index contributed by atoms with van der Waals surface area (Å²) < 4.78 is 29.2. The number of carbonyl (C=O) groups excluding carboxylic acids is 1. The van der Waals surface area contributed by atoms with Crippen LogP contribution in [-0.4, -0.2) is 46.9 Å². The Balaban J connectivity index is 3.71. The number of carbonyl (C=O) groups is 1. The number of amides is 1. The predicted octanol–water partition coefficient (Wildman–Crippen LogP) is -0.922. The van der Waals surface area contributed by atoms with Crippen LogP contribution in [0.2, 0.25) is 0 Å².